The zero-order chi connectivity index (χ0) is 10.8. The Morgan fingerprint density at radius 3 is 2.87 bits per heavy atom. The number of aromatic nitrogens is 2. The molecule has 0 spiro atoms. The Labute approximate surface area is 99.8 Å². The van der Waals surface area contributed by atoms with Gasteiger partial charge in [-0.2, -0.15) is 11.8 Å². The van der Waals surface area contributed by atoms with E-state index in [1.54, 1.807) is 0 Å². The molecule has 1 aliphatic rings. The summed E-state index contributed by atoms with van der Waals surface area (Å²) in [6.45, 7) is 4.26. The second kappa shape index (κ2) is 4.71. The number of hydrogen-bond acceptors (Lipinski definition) is 3. The maximum Gasteiger partial charge on any atom is 0.143 e. The maximum absolute atomic E-state index is 6.01. The predicted molar refractivity (Wildman–Crippen MR) is 65.6 cm³/mol. The molecule has 1 aliphatic heterocycles. The topological polar surface area (TPSA) is 25.8 Å². The second-order valence-electron chi connectivity index (χ2n) is 4.13. The largest absolute Gasteiger partial charge is 0.236 e. The third kappa shape index (κ3) is 2.64. The molecular weight excluding hydrogens is 228 g/mol. The van der Waals surface area contributed by atoms with Crippen LogP contribution in [0.2, 0.25) is 5.15 Å². The fraction of sp³-hybridized carbons (Fsp3) is 0.636. The van der Waals surface area contributed by atoms with Crippen molar-refractivity contribution in [2.75, 3.05) is 5.75 Å². The van der Waals surface area contributed by atoms with Gasteiger partial charge in [-0.15, -0.1) is 0 Å². The molecule has 1 fully saturated rings. The van der Waals surface area contributed by atoms with Crippen LogP contribution in [-0.4, -0.2) is 15.7 Å². The van der Waals surface area contributed by atoms with Crippen molar-refractivity contribution in [3.8, 4) is 0 Å². The highest BCUT2D eigenvalue weighted by Crippen LogP contribution is 2.38. The average Bonchev–Trinajstić information content (AvgIpc) is 2.69. The lowest BCUT2D eigenvalue weighted by Crippen LogP contribution is -2.03. The molecule has 0 amide bonds. The van der Waals surface area contributed by atoms with Crippen molar-refractivity contribution in [1.82, 2.24) is 9.97 Å². The van der Waals surface area contributed by atoms with E-state index in [4.69, 9.17) is 11.6 Å². The van der Waals surface area contributed by atoms with E-state index in [9.17, 15) is 0 Å². The molecule has 0 N–H and O–H groups in total. The molecule has 0 radical (unpaired) electrons. The molecule has 1 aromatic heterocycles. The van der Waals surface area contributed by atoms with Crippen molar-refractivity contribution in [2.45, 2.75) is 37.9 Å². The van der Waals surface area contributed by atoms with Crippen LogP contribution in [0.1, 0.15) is 49.4 Å². The van der Waals surface area contributed by atoms with Gasteiger partial charge in [0.2, 0.25) is 0 Å². The first-order chi connectivity index (χ1) is 7.16. The van der Waals surface area contributed by atoms with E-state index in [2.05, 4.69) is 23.8 Å². The van der Waals surface area contributed by atoms with Crippen molar-refractivity contribution >= 4 is 23.4 Å². The summed E-state index contributed by atoms with van der Waals surface area (Å²) in [6.07, 6.45) is 2.45. The standard InChI is InChI=1S/C11H15ClN2S/c1-7(2)8-6-10(12)14-11(13-8)9-4-3-5-15-9/h6-7,9H,3-5H2,1-2H3. The van der Waals surface area contributed by atoms with Crippen LogP contribution in [0.3, 0.4) is 0 Å². The van der Waals surface area contributed by atoms with Gasteiger partial charge in [0.25, 0.3) is 0 Å². The molecule has 2 heterocycles. The van der Waals surface area contributed by atoms with Gasteiger partial charge in [-0.1, -0.05) is 25.4 Å². The fourth-order valence-electron chi connectivity index (χ4n) is 1.67. The van der Waals surface area contributed by atoms with Crippen molar-refractivity contribution in [1.29, 1.82) is 0 Å². The summed E-state index contributed by atoms with van der Waals surface area (Å²) in [7, 11) is 0. The maximum atomic E-state index is 6.01. The molecule has 1 unspecified atom stereocenters. The van der Waals surface area contributed by atoms with E-state index >= 15 is 0 Å². The minimum Gasteiger partial charge on any atom is -0.236 e. The summed E-state index contributed by atoms with van der Waals surface area (Å²) >= 11 is 7.95. The van der Waals surface area contributed by atoms with Crippen LogP contribution in [0.4, 0.5) is 0 Å². The Kier molecular flexibility index (Phi) is 3.52. The van der Waals surface area contributed by atoms with Crippen LogP contribution in [0.25, 0.3) is 0 Å². The minimum atomic E-state index is 0.413. The average molecular weight is 243 g/mol. The molecule has 4 heteroatoms. The first kappa shape index (κ1) is 11.2. The molecule has 1 atom stereocenters. The van der Waals surface area contributed by atoms with Crippen molar-refractivity contribution < 1.29 is 0 Å². The summed E-state index contributed by atoms with van der Waals surface area (Å²) in [5.74, 6) is 2.56. The molecule has 1 saturated heterocycles. The van der Waals surface area contributed by atoms with Gasteiger partial charge in [0.1, 0.15) is 11.0 Å². The lowest BCUT2D eigenvalue weighted by Gasteiger charge is -2.11. The van der Waals surface area contributed by atoms with Crippen LogP contribution < -0.4 is 0 Å². The molecule has 15 heavy (non-hydrogen) atoms. The molecule has 0 bridgehead atoms. The molecule has 82 valence electrons. The van der Waals surface area contributed by atoms with Crippen LogP contribution in [0, 0.1) is 0 Å². The Bertz CT molecular complexity index is 348. The summed E-state index contributed by atoms with van der Waals surface area (Å²) in [4.78, 5) is 8.93. The fourth-order valence-corrected chi connectivity index (χ4v) is 3.08. The van der Waals surface area contributed by atoms with Gasteiger partial charge in [0.05, 0.1) is 5.25 Å². The van der Waals surface area contributed by atoms with E-state index in [0.29, 0.717) is 16.3 Å². The zero-order valence-corrected chi connectivity index (χ0v) is 10.6. The molecule has 0 aliphatic carbocycles. The first-order valence-corrected chi connectivity index (χ1v) is 6.75. The van der Waals surface area contributed by atoms with Gasteiger partial charge in [0.15, 0.2) is 0 Å². The van der Waals surface area contributed by atoms with E-state index in [-0.39, 0.29) is 0 Å². The second-order valence-corrected chi connectivity index (χ2v) is 5.83. The number of thioether (sulfide) groups is 1. The van der Waals surface area contributed by atoms with E-state index < -0.39 is 0 Å². The van der Waals surface area contributed by atoms with Crippen LogP contribution in [-0.2, 0) is 0 Å². The van der Waals surface area contributed by atoms with Gasteiger partial charge in [-0.3, -0.25) is 0 Å². The van der Waals surface area contributed by atoms with Crippen molar-refractivity contribution in [2.24, 2.45) is 0 Å². The number of halogens is 1. The predicted octanol–water partition coefficient (Wildman–Crippen LogP) is 3.82. The van der Waals surface area contributed by atoms with Crippen molar-refractivity contribution in [3.63, 3.8) is 0 Å². The van der Waals surface area contributed by atoms with Gasteiger partial charge >= 0.3 is 0 Å². The monoisotopic (exact) mass is 242 g/mol. The highest BCUT2D eigenvalue weighted by atomic mass is 35.5. The summed E-state index contributed by atoms with van der Waals surface area (Å²) < 4.78 is 0. The molecule has 0 aromatic carbocycles. The lowest BCUT2D eigenvalue weighted by molar-refractivity contribution is 0.740. The molecule has 2 rings (SSSR count). The highest BCUT2D eigenvalue weighted by molar-refractivity contribution is 7.99. The van der Waals surface area contributed by atoms with E-state index in [1.165, 1.54) is 18.6 Å². The quantitative estimate of drug-likeness (QED) is 0.738. The molecule has 1 aromatic rings. The summed E-state index contributed by atoms with van der Waals surface area (Å²) in [5, 5.41) is 1.04. The van der Waals surface area contributed by atoms with Crippen LogP contribution in [0.15, 0.2) is 6.07 Å². The lowest BCUT2D eigenvalue weighted by atomic mass is 10.1. The first-order valence-electron chi connectivity index (χ1n) is 5.33. The third-order valence-electron chi connectivity index (χ3n) is 2.54. The Balaban J connectivity index is 2.30. The van der Waals surface area contributed by atoms with Gasteiger partial charge in [0, 0.05) is 5.69 Å². The Morgan fingerprint density at radius 1 is 1.47 bits per heavy atom. The molecule has 2 nitrogen and oxygen atoms in total. The zero-order valence-electron chi connectivity index (χ0n) is 9.03. The SMILES string of the molecule is CC(C)c1cc(Cl)nc(C2CCCS2)n1. The van der Waals surface area contributed by atoms with Gasteiger partial charge in [-0.05, 0) is 30.6 Å². The normalized spacial score (nSPS) is 21.2. The van der Waals surface area contributed by atoms with Crippen LogP contribution >= 0.6 is 23.4 Å². The van der Waals surface area contributed by atoms with Gasteiger partial charge in [-0.25, -0.2) is 9.97 Å². The third-order valence-corrected chi connectivity index (χ3v) is 4.11. The van der Waals surface area contributed by atoms with E-state index in [1.807, 2.05) is 17.8 Å². The smallest absolute Gasteiger partial charge is 0.143 e. The molecule has 0 saturated carbocycles. The van der Waals surface area contributed by atoms with Gasteiger partial charge < -0.3 is 0 Å². The van der Waals surface area contributed by atoms with E-state index in [0.717, 1.165) is 11.5 Å². The number of nitrogens with zero attached hydrogens (tertiary/aromatic N) is 2. The summed E-state index contributed by atoms with van der Waals surface area (Å²) in [6, 6.07) is 1.87. The molecular formula is C11H15ClN2S. The Morgan fingerprint density at radius 2 is 2.27 bits per heavy atom. The Hall–Kier alpha value is -0.280. The van der Waals surface area contributed by atoms with Crippen molar-refractivity contribution in [3.05, 3.63) is 22.7 Å². The number of hydrogen-bond donors (Lipinski definition) is 0. The highest BCUT2D eigenvalue weighted by Gasteiger charge is 2.21. The number of rotatable bonds is 2. The summed E-state index contributed by atoms with van der Waals surface area (Å²) in [5.41, 5.74) is 1.05. The van der Waals surface area contributed by atoms with Crippen LogP contribution in [0.5, 0.6) is 0 Å². The minimum absolute atomic E-state index is 0.413.